The van der Waals surface area contributed by atoms with Crippen LogP contribution in [-0.2, 0) is 0 Å². The van der Waals surface area contributed by atoms with Crippen molar-refractivity contribution in [1.29, 1.82) is 0 Å². The molecule has 0 aliphatic carbocycles. The fourth-order valence-electron chi connectivity index (χ4n) is 1.90. The molecule has 2 heterocycles. The Morgan fingerprint density at radius 1 is 1.22 bits per heavy atom. The maximum atomic E-state index is 13.6. The van der Waals surface area contributed by atoms with Crippen LogP contribution in [0, 0.1) is 5.82 Å². The summed E-state index contributed by atoms with van der Waals surface area (Å²) < 4.78 is 20.4. The number of halogens is 1. The summed E-state index contributed by atoms with van der Waals surface area (Å²) in [6.45, 7) is 0. The first-order chi connectivity index (χ1) is 8.78. The number of imidazole rings is 1. The predicted molar refractivity (Wildman–Crippen MR) is 67.1 cm³/mol. The summed E-state index contributed by atoms with van der Waals surface area (Å²) in [5.74, 6) is -0.144. The summed E-state index contributed by atoms with van der Waals surface area (Å²) >= 11 is 0. The SMILES string of the molecule is COc1ccc(-c2cn3ccccc3n2)cc1F. The van der Waals surface area contributed by atoms with Gasteiger partial charge in [0.25, 0.3) is 0 Å². The number of aromatic nitrogens is 2. The van der Waals surface area contributed by atoms with E-state index in [-0.39, 0.29) is 11.6 Å². The molecule has 0 bridgehead atoms. The fraction of sp³-hybridized carbons (Fsp3) is 0.0714. The monoisotopic (exact) mass is 242 g/mol. The van der Waals surface area contributed by atoms with E-state index in [0.717, 1.165) is 16.9 Å². The highest BCUT2D eigenvalue weighted by molar-refractivity contribution is 5.63. The van der Waals surface area contributed by atoms with Gasteiger partial charge in [-0.1, -0.05) is 6.07 Å². The summed E-state index contributed by atoms with van der Waals surface area (Å²) in [5, 5.41) is 0. The van der Waals surface area contributed by atoms with Gasteiger partial charge < -0.3 is 9.14 Å². The van der Waals surface area contributed by atoms with Gasteiger partial charge in [0.2, 0.25) is 0 Å². The third-order valence-electron chi connectivity index (χ3n) is 2.81. The summed E-state index contributed by atoms with van der Waals surface area (Å²) in [7, 11) is 1.45. The Morgan fingerprint density at radius 2 is 2.11 bits per heavy atom. The highest BCUT2D eigenvalue weighted by atomic mass is 19.1. The Balaban J connectivity index is 2.11. The van der Waals surface area contributed by atoms with Crippen LogP contribution in [0.25, 0.3) is 16.9 Å². The Labute approximate surface area is 103 Å². The van der Waals surface area contributed by atoms with Crippen LogP contribution in [0.15, 0.2) is 48.8 Å². The summed E-state index contributed by atoms with van der Waals surface area (Å²) in [6.07, 6.45) is 3.78. The van der Waals surface area contributed by atoms with Crippen molar-refractivity contribution < 1.29 is 9.13 Å². The second-order valence-corrected chi connectivity index (χ2v) is 3.94. The van der Waals surface area contributed by atoms with Crippen LogP contribution < -0.4 is 4.74 Å². The number of benzene rings is 1. The van der Waals surface area contributed by atoms with Crippen LogP contribution in [0.2, 0.25) is 0 Å². The van der Waals surface area contributed by atoms with Crippen molar-refractivity contribution in [2.24, 2.45) is 0 Å². The molecule has 3 nitrogen and oxygen atoms in total. The van der Waals surface area contributed by atoms with Gasteiger partial charge in [-0.3, -0.25) is 0 Å². The van der Waals surface area contributed by atoms with E-state index in [2.05, 4.69) is 4.98 Å². The lowest BCUT2D eigenvalue weighted by Crippen LogP contribution is -1.88. The van der Waals surface area contributed by atoms with E-state index in [9.17, 15) is 4.39 Å². The minimum Gasteiger partial charge on any atom is -0.494 e. The minimum atomic E-state index is -0.382. The van der Waals surface area contributed by atoms with E-state index in [0.29, 0.717) is 0 Å². The first kappa shape index (κ1) is 10.8. The Kier molecular flexibility index (Phi) is 2.48. The molecule has 0 aliphatic rings. The minimum absolute atomic E-state index is 0.238. The van der Waals surface area contributed by atoms with E-state index in [1.807, 2.05) is 35.0 Å². The van der Waals surface area contributed by atoms with Gasteiger partial charge in [0.05, 0.1) is 12.8 Å². The smallest absolute Gasteiger partial charge is 0.165 e. The standard InChI is InChI=1S/C14H11FN2O/c1-18-13-6-5-10(8-11(13)15)12-9-17-7-3-2-4-14(17)16-12/h2-9H,1H3. The molecular formula is C14H11FN2O. The second kappa shape index (κ2) is 4.14. The molecule has 90 valence electrons. The number of hydrogen-bond acceptors (Lipinski definition) is 2. The third-order valence-corrected chi connectivity index (χ3v) is 2.81. The molecule has 0 saturated heterocycles. The van der Waals surface area contributed by atoms with Gasteiger partial charge in [0.1, 0.15) is 5.65 Å². The van der Waals surface area contributed by atoms with Gasteiger partial charge in [-0.05, 0) is 30.3 Å². The van der Waals surface area contributed by atoms with Crippen LogP contribution >= 0.6 is 0 Å². The van der Waals surface area contributed by atoms with Gasteiger partial charge in [-0.15, -0.1) is 0 Å². The molecule has 18 heavy (non-hydrogen) atoms. The summed E-state index contributed by atoms with van der Waals surface area (Å²) in [4.78, 5) is 4.44. The molecule has 0 aliphatic heterocycles. The molecule has 0 amide bonds. The lowest BCUT2D eigenvalue weighted by molar-refractivity contribution is 0.386. The Hall–Kier alpha value is -2.36. The average Bonchev–Trinajstić information content (AvgIpc) is 2.82. The predicted octanol–water partition coefficient (Wildman–Crippen LogP) is 3.15. The molecule has 0 saturated carbocycles. The van der Waals surface area contributed by atoms with Crippen LogP contribution in [0.1, 0.15) is 0 Å². The summed E-state index contributed by atoms with van der Waals surface area (Å²) in [6, 6.07) is 10.6. The van der Waals surface area contributed by atoms with E-state index in [4.69, 9.17) is 4.74 Å². The Morgan fingerprint density at radius 3 is 2.83 bits per heavy atom. The van der Waals surface area contributed by atoms with Gasteiger partial charge in [0, 0.05) is 18.0 Å². The van der Waals surface area contributed by atoms with Crippen molar-refractivity contribution in [2.45, 2.75) is 0 Å². The molecular weight excluding hydrogens is 231 g/mol. The first-order valence-electron chi connectivity index (χ1n) is 5.55. The molecule has 3 rings (SSSR count). The Bertz CT molecular complexity index is 673. The highest BCUT2D eigenvalue weighted by Crippen LogP contribution is 2.25. The molecule has 1 aromatic carbocycles. The van der Waals surface area contributed by atoms with Crippen LogP contribution in [0.5, 0.6) is 5.75 Å². The van der Waals surface area contributed by atoms with Crippen LogP contribution in [0.4, 0.5) is 4.39 Å². The van der Waals surface area contributed by atoms with Gasteiger partial charge >= 0.3 is 0 Å². The molecule has 0 atom stereocenters. The van der Waals surface area contributed by atoms with Gasteiger partial charge in [-0.2, -0.15) is 0 Å². The number of hydrogen-bond donors (Lipinski definition) is 0. The quantitative estimate of drug-likeness (QED) is 0.690. The molecule has 0 unspecified atom stereocenters. The van der Waals surface area contributed by atoms with Gasteiger partial charge in [0.15, 0.2) is 11.6 Å². The normalized spacial score (nSPS) is 10.8. The summed E-state index contributed by atoms with van der Waals surface area (Å²) in [5.41, 5.74) is 2.31. The number of methoxy groups -OCH3 is 1. The van der Waals surface area contributed by atoms with E-state index in [1.165, 1.54) is 13.2 Å². The number of ether oxygens (including phenoxy) is 1. The van der Waals surface area contributed by atoms with Crippen molar-refractivity contribution in [3.8, 4) is 17.0 Å². The van der Waals surface area contributed by atoms with E-state index < -0.39 is 0 Å². The van der Waals surface area contributed by atoms with Crippen molar-refractivity contribution >= 4 is 5.65 Å². The van der Waals surface area contributed by atoms with E-state index in [1.54, 1.807) is 12.1 Å². The molecule has 0 radical (unpaired) electrons. The van der Waals surface area contributed by atoms with Crippen molar-refractivity contribution in [3.05, 3.63) is 54.6 Å². The molecule has 2 aromatic heterocycles. The highest BCUT2D eigenvalue weighted by Gasteiger charge is 2.08. The zero-order chi connectivity index (χ0) is 12.5. The molecule has 0 fully saturated rings. The number of pyridine rings is 1. The molecule has 0 spiro atoms. The maximum Gasteiger partial charge on any atom is 0.165 e. The van der Waals surface area contributed by atoms with Crippen molar-refractivity contribution in [3.63, 3.8) is 0 Å². The van der Waals surface area contributed by atoms with Gasteiger partial charge in [-0.25, -0.2) is 9.37 Å². The lowest BCUT2D eigenvalue weighted by atomic mass is 10.1. The van der Waals surface area contributed by atoms with Crippen LogP contribution in [0.3, 0.4) is 0 Å². The molecule has 0 N–H and O–H groups in total. The third kappa shape index (κ3) is 1.72. The number of rotatable bonds is 2. The van der Waals surface area contributed by atoms with Crippen molar-refractivity contribution in [2.75, 3.05) is 7.11 Å². The van der Waals surface area contributed by atoms with Crippen LogP contribution in [-0.4, -0.2) is 16.5 Å². The lowest BCUT2D eigenvalue weighted by Gasteiger charge is -2.02. The van der Waals surface area contributed by atoms with Crippen molar-refractivity contribution in [1.82, 2.24) is 9.38 Å². The largest absolute Gasteiger partial charge is 0.494 e. The average molecular weight is 242 g/mol. The first-order valence-corrected chi connectivity index (χ1v) is 5.55. The van der Waals surface area contributed by atoms with E-state index >= 15 is 0 Å². The maximum absolute atomic E-state index is 13.6. The molecule has 3 aromatic rings. The zero-order valence-corrected chi connectivity index (χ0v) is 9.80. The number of fused-ring (bicyclic) bond motifs is 1. The fourth-order valence-corrected chi connectivity index (χ4v) is 1.90. The second-order valence-electron chi connectivity index (χ2n) is 3.94. The molecule has 4 heteroatoms. The zero-order valence-electron chi connectivity index (χ0n) is 9.80. The number of nitrogens with zero attached hydrogens (tertiary/aromatic N) is 2. The topological polar surface area (TPSA) is 26.5 Å².